The summed E-state index contributed by atoms with van der Waals surface area (Å²) in [7, 11) is 0. The van der Waals surface area contributed by atoms with Crippen LogP contribution in [-0.2, 0) is 17.9 Å². The number of nitro groups is 1. The van der Waals surface area contributed by atoms with Crippen molar-refractivity contribution in [3.8, 4) is 0 Å². The summed E-state index contributed by atoms with van der Waals surface area (Å²) in [6.45, 7) is 4.49. The van der Waals surface area contributed by atoms with Crippen molar-refractivity contribution in [2.75, 3.05) is 5.75 Å². The molecule has 0 aliphatic carbocycles. The van der Waals surface area contributed by atoms with Crippen LogP contribution in [0, 0.1) is 10.1 Å². The van der Waals surface area contributed by atoms with Crippen LogP contribution in [0.15, 0.2) is 59.8 Å². The Bertz CT molecular complexity index is 1130. The molecular formula is C22H24N6O4S. The molecule has 0 aliphatic heterocycles. The van der Waals surface area contributed by atoms with Gasteiger partial charge in [-0.1, -0.05) is 48.2 Å². The van der Waals surface area contributed by atoms with Crippen molar-refractivity contribution >= 4 is 29.3 Å². The Labute approximate surface area is 194 Å². The number of carbonyl (C=O) groups is 2. The lowest BCUT2D eigenvalue weighted by Gasteiger charge is -2.14. The molecule has 1 aromatic heterocycles. The lowest BCUT2D eigenvalue weighted by molar-refractivity contribution is -0.384. The number of nitrogens with one attached hydrogen (secondary N) is 2. The number of aromatic nitrogens is 3. The average molecular weight is 469 g/mol. The van der Waals surface area contributed by atoms with E-state index in [0.29, 0.717) is 17.5 Å². The van der Waals surface area contributed by atoms with Crippen LogP contribution in [0.4, 0.5) is 5.69 Å². The van der Waals surface area contributed by atoms with Crippen molar-refractivity contribution < 1.29 is 14.5 Å². The lowest BCUT2D eigenvalue weighted by atomic mass is 10.1. The van der Waals surface area contributed by atoms with Gasteiger partial charge in [-0.3, -0.25) is 19.7 Å². The molecule has 0 saturated heterocycles. The van der Waals surface area contributed by atoms with Gasteiger partial charge in [-0.05, 0) is 25.5 Å². The van der Waals surface area contributed by atoms with E-state index in [1.165, 1.54) is 36.0 Å². The number of benzene rings is 2. The molecule has 2 N–H and O–H groups in total. The smallest absolute Gasteiger partial charge is 0.270 e. The van der Waals surface area contributed by atoms with Crippen LogP contribution in [0.25, 0.3) is 0 Å². The summed E-state index contributed by atoms with van der Waals surface area (Å²) in [5.41, 5.74) is 1.05. The molecule has 3 rings (SSSR count). The Hall–Kier alpha value is -3.73. The molecule has 1 heterocycles. The quantitative estimate of drug-likeness (QED) is 0.265. The van der Waals surface area contributed by atoms with Gasteiger partial charge in [0.05, 0.1) is 23.3 Å². The fourth-order valence-electron chi connectivity index (χ4n) is 3.13. The molecule has 0 bridgehead atoms. The number of amides is 2. The number of rotatable bonds is 10. The zero-order chi connectivity index (χ0) is 23.8. The topological polar surface area (TPSA) is 132 Å². The molecule has 0 fully saturated rings. The minimum Gasteiger partial charge on any atom is -0.349 e. The number of non-ortho nitro benzene ring substituents is 1. The number of nitro benzene ring substituents is 1. The van der Waals surface area contributed by atoms with Gasteiger partial charge in [0.15, 0.2) is 11.0 Å². The minimum absolute atomic E-state index is 0.0974. The van der Waals surface area contributed by atoms with Crippen LogP contribution in [0.3, 0.4) is 0 Å². The lowest BCUT2D eigenvalue weighted by Crippen LogP contribution is -2.28. The van der Waals surface area contributed by atoms with Crippen molar-refractivity contribution in [2.45, 2.75) is 38.1 Å². The predicted molar refractivity (Wildman–Crippen MR) is 124 cm³/mol. The highest BCUT2D eigenvalue weighted by Crippen LogP contribution is 2.18. The van der Waals surface area contributed by atoms with Crippen LogP contribution in [-0.4, -0.2) is 37.3 Å². The van der Waals surface area contributed by atoms with E-state index < -0.39 is 10.8 Å². The van der Waals surface area contributed by atoms with Crippen molar-refractivity contribution in [1.29, 1.82) is 0 Å². The van der Waals surface area contributed by atoms with Crippen molar-refractivity contribution in [3.05, 3.63) is 81.7 Å². The first-order valence-corrected chi connectivity index (χ1v) is 11.3. The molecule has 0 unspecified atom stereocenters. The summed E-state index contributed by atoms with van der Waals surface area (Å²) < 4.78 is 1.81. The summed E-state index contributed by atoms with van der Waals surface area (Å²) in [5.74, 6) is 0.127. The molecule has 11 heteroatoms. The largest absolute Gasteiger partial charge is 0.349 e. The van der Waals surface area contributed by atoms with Gasteiger partial charge in [0.1, 0.15) is 0 Å². The highest BCUT2D eigenvalue weighted by molar-refractivity contribution is 7.99. The van der Waals surface area contributed by atoms with E-state index >= 15 is 0 Å². The molecule has 33 heavy (non-hydrogen) atoms. The molecule has 0 spiro atoms. The van der Waals surface area contributed by atoms with Crippen molar-refractivity contribution in [2.24, 2.45) is 0 Å². The molecule has 0 aliphatic rings. The molecule has 172 valence electrons. The summed E-state index contributed by atoms with van der Waals surface area (Å²) in [6, 6.07) is 15.1. The Kier molecular flexibility index (Phi) is 8.14. The van der Waals surface area contributed by atoms with Gasteiger partial charge >= 0.3 is 0 Å². The second-order valence-electron chi connectivity index (χ2n) is 7.12. The second-order valence-corrected chi connectivity index (χ2v) is 8.06. The van der Waals surface area contributed by atoms with E-state index in [1.807, 2.05) is 48.7 Å². The third-order valence-electron chi connectivity index (χ3n) is 4.85. The Morgan fingerprint density at radius 1 is 1.15 bits per heavy atom. The van der Waals surface area contributed by atoms with Crippen LogP contribution < -0.4 is 10.6 Å². The van der Waals surface area contributed by atoms with Gasteiger partial charge in [0.2, 0.25) is 5.91 Å². The van der Waals surface area contributed by atoms with E-state index in [4.69, 9.17) is 0 Å². The summed E-state index contributed by atoms with van der Waals surface area (Å²) in [6.07, 6.45) is 0. The first-order valence-electron chi connectivity index (χ1n) is 10.3. The van der Waals surface area contributed by atoms with Crippen LogP contribution >= 0.6 is 11.8 Å². The maximum Gasteiger partial charge on any atom is 0.270 e. The highest BCUT2D eigenvalue weighted by Gasteiger charge is 2.16. The number of hydrogen-bond donors (Lipinski definition) is 2. The molecule has 2 aromatic carbocycles. The number of hydrogen-bond acceptors (Lipinski definition) is 7. The summed E-state index contributed by atoms with van der Waals surface area (Å²) in [4.78, 5) is 35.1. The Morgan fingerprint density at radius 3 is 2.61 bits per heavy atom. The van der Waals surface area contributed by atoms with Gasteiger partial charge in [-0.2, -0.15) is 0 Å². The predicted octanol–water partition coefficient (Wildman–Crippen LogP) is 3.11. The van der Waals surface area contributed by atoms with E-state index in [2.05, 4.69) is 20.8 Å². The Balaban J connectivity index is 1.56. The Morgan fingerprint density at radius 2 is 1.91 bits per heavy atom. The fraction of sp³-hybridized carbons (Fsp3) is 0.273. The zero-order valence-corrected chi connectivity index (χ0v) is 19.0. The fourth-order valence-corrected chi connectivity index (χ4v) is 3.97. The molecule has 0 radical (unpaired) electrons. The van der Waals surface area contributed by atoms with E-state index in [-0.39, 0.29) is 35.5 Å². The van der Waals surface area contributed by atoms with Gasteiger partial charge in [0.25, 0.3) is 11.6 Å². The third kappa shape index (κ3) is 6.39. The van der Waals surface area contributed by atoms with Crippen LogP contribution in [0.2, 0.25) is 0 Å². The standard InChI is InChI=1S/C22H24N6O4S/c1-3-27-19(13-23-21(30)17-10-7-11-18(12-17)28(31)32)25-26-22(27)33-14-20(29)24-15(2)16-8-5-4-6-9-16/h4-12,15H,3,13-14H2,1-2H3,(H,23,30)(H,24,29)/t15-/m1/s1. The van der Waals surface area contributed by atoms with Gasteiger partial charge in [-0.25, -0.2) is 0 Å². The first-order chi connectivity index (χ1) is 15.9. The highest BCUT2D eigenvalue weighted by atomic mass is 32.2. The third-order valence-corrected chi connectivity index (χ3v) is 5.81. The first kappa shape index (κ1) is 23.9. The van der Waals surface area contributed by atoms with E-state index in [1.54, 1.807) is 0 Å². The maximum atomic E-state index is 12.4. The normalized spacial score (nSPS) is 11.6. The number of thioether (sulfide) groups is 1. The monoisotopic (exact) mass is 468 g/mol. The number of carbonyl (C=O) groups excluding carboxylic acids is 2. The molecule has 1 atom stereocenters. The van der Waals surface area contributed by atoms with Crippen molar-refractivity contribution in [3.63, 3.8) is 0 Å². The number of nitrogens with zero attached hydrogens (tertiary/aromatic N) is 4. The van der Waals surface area contributed by atoms with Gasteiger partial charge < -0.3 is 15.2 Å². The van der Waals surface area contributed by atoms with Gasteiger partial charge in [0, 0.05) is 24.2 Å². The second kappa shape index (κ2) is 11.2. The van der Waals surface area contributed by atoms with E-state index in [9.17, 15) is 19.7 Å². The summed E-state index contributed by atoms with van der Waals surface area (Å²) >= 11 is 1.26. The van der Waals surface area contributed by atoms with Gasteiger partial charge in [-0.15, -0.1) is 10.2 Å². The summed E-state index contributed by atoms with van der Waals surface area (Å²) in [5, 5.41) is 25.4. The van der Waals surface area contributed by atoms with Crippen LogP contribution in [0.5, 0.6) is 0 Å². The maximum absolute atomic E-state index is 12.4. The van der Waals surface area contributed by atoms with E-state index in [0.717, 1.165) is 5.56 Å². The molecular weight excluding hydrogens is 444 g/mol. The van der Waals surface area contributed by atoms with Crippen LogP contribution in [0.1, 0.15) is 41.6 Å². The SMILES string of the molecule is CCn1c(CNC(=O)c2cccc([N+](=O)[O-])c2)nnc1SCC(=O)N[C@H](C)c1ccccc1. The average Bonchev–Trinajstić information content (AvgIpc) is 3.23. The molecule has 0 saturated carbocycles. The minimum atomic E-state index is -0.551. The zero-order valence-electron chi connectivity index (χ0n) is 18.2. The molecule has 3 aromatic rings. The van der Waals surface area contributed by atoms with Crippen molar-refractivity contribution in [1.82, 2.24) is 25.4 Å². The molecule has 10 nitrogen and oxygen atoms in total. The molecule has 2 amide bonds.